The Hall–Kier alpha value is -3.16. The predicted octanol–water partition coefficient (Wildman–Crippen LogP) is 2.99. The first-order valence-corrected chi connectivity index (χ1v) is 10.0. The molecule has 0 unspecified atom stereocenters. The van der Waals surface area contributed by atoms with E-state index in [2.05, 4.69) is 15.5 Å². The summed E-state index contributed by atoms with van der Waals surface area (Å²) in [5.74, 6) is 0.444. The van der Waals surface area contributed by atoms with E-state index in [1.54, 1.807) is 17.9 Å². The first-order valence-electron chi connectivity index (χ1n) is 10.0. The van der Waals surface area contributed by atoms with Crippen LogP contribution >= 0.6 is 0 Å². The second-order valence-corrected chi connectivity index (χ2v) is 6.79. The molecular weight excluding hydrogens is 370 g/mol. The van der Waals surface area contributed by atoms with Crippen LogP contribution in [0.4, 0.5) is 16.3 Å². The predicted molar refractivity (Wildman–Crippen MR) is 110 cm³/mol. The Balaban J connectivity index is 1.56. The second kappa shape index (κ2) is 9.86. The molecule has 0 saturated carbocycles. The number of likely N-dealkylation sites (tertiary alicyclic amines) is 1. The number of benzene rings is 1. The van der Waals surface area contributed by atoms with Gasteiger partial charge in [0.15, 0.2) is 11.5 Å². The lowest BCUT2D eigenvalue weighted by atomic mass is 10.1. The van der Waals surface area contributed by atoms with Gasteiger partial charge in [-0.1, -0.05) is 18.2 Å². The van der Waals surface area contributed by atoms with E-state index in [1.807, 2.05) is 48.2 Å². The minimum Gasteiger partial charge on any atom is -0.450 e. The summed E-state index contributed by atoms with van der Waals surface area (Å²) in [6.45, 7) is 6.07. The monoisotopic (exact) mass is 397 g/mol. The minimum atomic E-state index is -0.294. The molecule has 0 radical (unpaired) electrons. The molecule has 8 heteroatoms. The third-order valence-electron chi connectivity index (χ3n) is 4.90. The smallest absolute Gasteiger partial charge is 0.409 e. The van der Waals surface area contributed by atoms with Crippen molar-refractivity contribution in [3.8, 4) is 0 Å². The maximum Gasteiger partial charge on any atom is 0.409 e. The molecule has 1 fully saturated rings. The first-order chi connectivity index (χ1) is 14.1. The van der Waals surface area contributed by atoms with Crippen molar-refractivity contribution in [2.75, 3.05) is 31.1 Å². The quantitative estimate of drug-likeness (QED) is 0.806. The van der Waals surface area contributed by atoms with E-state index in [4.69, 9.17) is 4.74 Å². The zero-order valence-electron chi connectivity index (χ0n) is 16.9. The molecule has 0 aliphatic carbocycles. The number of piperidine rings is 1. The number of ether oxygens (including phenoxy) is 1. The third-order valence-corrected chi connectivity index (χ3v) is 4.90. The number of rotatable bonds is 6. The topological polar surface area (TPSA) is 87.7 Å². The molecule has 1 saturated heterocycles. The molecular formula is C21H27N5O3. The van der Waals surface area contributed by atoms with Gasteiger partial charge in [-0.15, -0.1) is 10.2 Å². The van der Waals surface area contributed by atoms with Crippen LogP contribution in [-0.2, 0) is 4.74 Å². The van der Waals surface area contributed by atoms with Gasteiger partial charge in [-0.25, -0.2) is 4.79 Å². The minimum absolute atomic E-state index is 0.00566. The Kier molecular flexibility index (Phi) is 6.99. The standard InChI is InChI=1S/C21H27N5O3/c1-3-26(17-8-6-5-7-9-17)19-11-10-18(23-24-19)20(27)22-16-12-14-25(15-13-16)21(28)29-4-2/h5-11,16H,3-4,12-15H2,1-2H3,(H,22,27). The number of carbonyl (C=O) groups excluding carboxylic acids is 2. The van der Waals surface area contributed by atoms with Gasteiger partial charge < -0.3 is 19.9 Å². The largest absolute Gasteiger partial charge is 0.450 e. The summed E-state index contributed by atoms with van der Waals surface area (Å²) in [5.41, 5.74) is 1.31. The summed E-state index contributed by atoms with van der Waals surface area (Å²) in [4.78, 5) is 28.0. The highest BCUT2D eigenvalue weighted by molar-refractivity contribution is 5.92. The van der Waals surface area contributed by atoms with Gasteiger partial charge in [0, 0.05) is 31.4 Å². The fourth-order valence-electron chi connectivity index (χ4n) is 3.36. The van der Waals surface area contributed by atoms with E-state index in [9.17, 15) is 9.59 Å². The molecule has 29 heavy (non-hydrogen) atoms. The van der Waals surface area contributed by atoms with Gasteiger partial charge in [0.25, 0.3) is 5.91 Å². The van der Waals surface area contributed by atoms with Crippen LogP contribution in [0, 0.1) is 0 Å². The number of nitrogens with one attached hydrogen (secondary N) is 1. The Morgan fingerprint density at radius 1 is 1.10 bits per heavy atom. The molecule has 1 aromatic heterocycles. The number of aromatic nitrogens is 2. The summed E-state index contributed by atoms with van der Waals surface area (Å²) < 4.78 is 5.02. The van der Waals surface area contributed by atoms with Crippen LogP contribution in [0.3, 0.4) is 0 Å². The van der Waals surface area contributed by atoms with Gasteiger partial charge in [0.1, 0.15) is 0 Å². The summed E-state index contributed by atoms with van der Waals surface area (Å²) in [7, 11) is 0. The van der Waals surface area contributed by atoms with Crippen LogP contribution in [0.15, 0.2) is 42.5 Å². The fourth-order valence-corrected chi connectivity index (χ4v) is 3.36. The number of nitrogens with zero attached hydrogens (tertiary/aromatic N) is 4. The number of amides is 2. The molecule has 2 amide bonds. The van der Waals surface area contributed by atoms with Crippen molar-refractivity contribution in [3.63, 3.8) is 0 Å². The molecule has 2 aromatic rings. The van der Waals surface area contributed by atoms with E-state index >= 15 is 0 Å². The van der Waals surface area contributed by atoms with Crippen molar-refractivity contribution in [1.82, 2.24) is 20.4 Å². The average molecular weight is 397 g/mol. The SMILES string of the molecule is CCOC(=O)N1CCC(NC(=O)c2ccc(N(CC)c3ccccc3)nn2)CC1. The van der Waals surface area contributed by atoms with Crippen LogP contribution in [0.1, 0.15) is 37.2 Å². The van der Waals surface area contributed by atoms with Crippen molar-refractivity contribution in [3.05, 3.63) is 48.2 Å². The summed E-state index contributed by atoms with van der Waals surface area (Å²) in [6, 6.07) is 13.4. The molecule has 1 aromatic carbocycles. The van der Waals surface area contributed by atoms with Crippen LogP contribution in [0.2, 0.25) is 0 Å². The van der Waals surface area contributed by atoms with Crippen LogP contribution in [0.5, 0.6) is 0 Å². The van der Waals surface area contributed by atoms with E-state index in [1.165, 1.54) is 0 Å². The van der Waals surface area contributed by atoms with Crippen LogP contribution in [-0.4, -0.2) is 59.4 Å². The number of anilines is 2. The van der Waals surface area contributed by atoms with Gasteiger partial charge in [0.05, 0.1) is 6.61 Å². The Bertz CT molecular complexity index is 805. The van der Waals surface area contributed by atoms with E-state index in [0.717, 1.165) is 12.2 Å². The number of carbonyl (C=O) groups is 2. The molecule has 1 aliphatic heterocycles. The molecule has 2 heterocycles. The summed E-state index contributed by atoms with van der Waals surface area (Å²) >= 11 is 0. The van der Waals surface area contributed by atoms with Crippen LogP contribution in [0.25, 0.3) is 0 Å². The first kappa shape index (κ1) is 20.6. The fraction of sp³-hybridized carbons (Fsp3) is 0.429. The van der Waals surface area contributed by atoms with Crippen molar-refractivity contribution >= 4 is 23.5 Å². The van der Waals surface area contributed by atoms with Crippen molar-refractivity contribution in [2.45, 2.75) is 32.7 Å². The van der Waals surface area contributed by atoms with Gasteiger partial charge in [-0.2, -0.15) is 0 Å². The van der Waals surface area contributed by atoms with E-state index in [-0.39, 0.29) is 23.7 Å². The van der Waals surface area contributed by atoms with Gasteiger partial charge in [0.2, 0.25) is 0 Å². The molecule has 1 N–H and O–H groups in total. The van der Waals surface area contributed by atoms with Crippen LogP contribution < -0.4 is 10.2 Å². The molecule has 1 aliphatic rings. The van der Waals surface area contributed by atoms with Gasteiger partial charge >= 0.3 is 6.09 Å². The van der Waals surface area contributed by atoms with Crippen molar-refractivity contribution in [2.24, 2.45) is 0 Å². The van der Waals surface area contributed by atoms with Crippen molar-refractivity contribution < 1.29 is 14.3 Å². The molecule has 0 atom stereocenters. The lowest BCUT2D eigenvalue weighted by molar-refractivity contribution is 0.0856. The molecule has 8 nitrogen and oxygen atoms in total. The third kappa shape index (κ3) is 5.22. The zero-order chi connectivity index (χ0) is 20.6. The number of para-hydroxylation sites is 1. The molecule has 0 spiro atoms. The Morgan fingerprint density at radius 3 is 2.41 bits per heavy atom. The lowest BCUT2D eigenvalue weighted by Crippen LogP contribution is -2.46. The maximum atomic E-state index is 12.5. The molecule has 0 bridgehead atoms. The summed E-state index contributed by atoms with van der Waals surface area (Å²) in [5, 5.41) is 11.3. The normalized spacial score (nSPS) is 14.3. The maximum absolute atomic E-state index is 12.5. The lowest BCUT2D eigenvalue weighted by Gasteiger charge is -2.31. The second-order valence-electron chi connectivity index (χ2n) is 6.79. The zero-order valence-corrected chi connectivity index (χ0v) is 16.9. The highest BCUT2D eigenvalue weighted by atomic mass is 16.6. The number of hydrogen-bond donors (Lipinski definition) is 1. The van der Waals surface area contributed by atoms with Gasteiger partial charge in [-0.05, 0) is 51.0 Å². The Morgan fingerprint density at radius 2 is 1.83 bits per heavy atom. The summed E-state index contributed by atoms with van der Waals surface area (Å²) in [6.07, 6.45) is 1.08. The highest BCUT2D eigenvalue weighted by Gasteiger charge is 2.25. The van der Waals surface area contributed by atoms with E-state index in [0.29, 0.717) is 38.4 Å². The van der Waals surface area contributed by atoms with E-state index < -0.39 is 0 Å². The van der Waals surface area contributed by atoms with Gasteiger partial charge in [-0.3, -0.25) is 4.79 Å². The average Bonchev–Trinajstić information content (AvgIpc) is 2.76. The molecule has 3 rings (SSSR count). The Labute approximate surface area is 170 Å². The number of hydrogen-bond acceptors (Lipinski definition) is 6. The highest BCUT2D eigenvalue weighted by Crippen LogP contribution is 2.22. The van der Waals surface area contributed by atoms with Crippen molar-refractivity contribution in [1.29, 1.82) is 0 Å². The molecule has 154 valence electrons.